The molecule has 8 nitrogen and oxygen atoms in total. The fraction of sp³-hybridized carbons (Fsp3) is 0.0870. The highest BCUT2D eigenvalue weighted by Crippen LogP contribution is 2.35. The second-order valence-corrected chi connectivity index (χ2v) is 7.54. The third-order valence-corrected chi connectivity index (χ3v) is 5.30. The number of halogens is 1. The van der Waals surface area contributed by atoms with E-state index in [-0.39, 0.29) is 0 Å². The Morgan fingerprint density at radius 2 is 1.88 bits per heavy atom. The quantitative estimate of drug-likeness (QED) is 0.413. The van der Waals surface area contributed by atoms with E-state index in [1.54, 1.807) is 12.5 Å². The summed E-state index contributed by atoms with van der Waals surface area (Å²) in [4.78, 5) is 9.11. The van der Waals surface area contributed by atoms with E-state index in [0.717, 1.165) is 28.1 Å². The molecule has 5 rings (SSSR count). The molecule has 9 heteroatoms. The molecule has 0 bridgehead atoms. The van der Waals surface area contributed by atoms with Crippen molar-refractivity contribution in [2.24, 2.45) is 7.05 Å². The smallest absolute Gasteiger partial charge is 0.204 e. The molecule has 5 aromatic rings. The number of nitrogens with zero attached hydrogens (tertiary/aromatic N) is 6. The van der Waals surface area contributed by atoms with Gasteiger partial charge in [0.15, 0.2) is 0 Å². The van der Waals surface area contributed by atoms with E-state index in [4.69, 9.17) is 16.3 Å². The highest BCUT2D eigenvalue weighted by Gasteiger charge is 2.17. The number of hydrogen-bond donors (Lipinski definition) is 1. The van der Waals surface area contributed by atoms with Crippen LogP contribution in [0.1, 0.15) is 5.56 Å². The van der Waals surface area contributed by atoms with Crippen LogP contribution in [-0.2, 0) is 13.7 Å². The molecular weight excluding hydrogens is 426 g/mol. The maximum absolute atomic E-state index is 6.42. The minimum Gasteiger partial charge on any atom is -0.487 e. The monoisotopic (exact) mass is 443 g/mol. The van der Waals surface area contributed by atoms with E-state index >= 15 is 0 Å². The van der Waals surface area contributed by atoms with E-state index < -0.39 is 0 Å². The SMILES string of the molecule is Cn1cnc(-c2cc(-c3nn[nH]n3)ccn2)c1-c1ccc(Cl)c(OCc2ccccc2)c1. The Morgan fingerprint density at radius 1 is 1.00 bits per heavy atom. The number of imidazole rings is 1. The van der Waals surface area contributed by atoms with Crippen molar-refractivity contribution in [1.29, 1.82) is 0 Å². The van der Waals surface area contributed by atoms with Gasteiger partial charge >= 0.3 is 0 Å². The van der Waals surface area contributed by atoms with Crippen LogP contribution in [0.4, 0.5) is 0 Å². The third kappa shape index (κ3) is 3.95. The molecule has 0 saturated carbocycles. The largest absolute Gasteiger partial charge is 0.487 e. The molecule has 0 atom stereocenters. The van der Waals surface area contributed by atoms with Gasteiger partial charge in [-0.3, -0.25) is 4.98 Å². The first-order valence-corrected chi connectivity index (χ1v) is 10.2. The fourth-order valence-electron chi connectivity index (χ4n) is 3.44. The first-order valence-electron chi connectivity index (χ1n) is 9.87. The standard InChI is InChI=1S/C23H18ClN7O/c1-31-14-26-21(19-11-17(9-10-25-19)23-27-29-30-28-23)22(31)16-7-8-18(24)20(12-16)32-13-15-5-3-2-4-6-15/h2-12,14H,13H2,1H3,(H,27,28,29,30). The maximum Gasteiger partial charge on any atom is 0.204 e. The zero-order valence-electron chi connectivity index (χ0n) is 17.1. The summed E-state index contributed by atoms with van der Waals surface area (Å²) in [7, 11) is 1.94. The molecular formula is C23H18ClN7O. The van der Waals surface area contributed by atoms with Crippen molar-refractivity contribution in [3.63, 3.8) is 0 Å². The second-order valence-electron chi connectivity index (χ2n) is 7.14. The Bertz CT molecular complexity index is 1350. The van der Waals surface area contributed by atoms with Crippen LogP contribution in [0, 0.1) is 0 Å². The van der Waals surface area contributed by atoms with E-state index in [9.17, 15) is 0 Å². The van der Waals surface area contributed by atoms with Crippen molar-refractivity contribution in [2.75, 3.05) is 0 Å². The van der Waals surface area contributed by atoms with Crippen LogP contribution in [0.5, 0.6) is 5.75 Å². The summed E-state index contributed by atoms with van der Waals surface area (Å²) in [5.74, 6) is 1.10. The van der Waals surface area contributed by atoms with Crippen LogP contribution in [0.3, 0.4) is 0 Å². The summed E-state index contributed by atoms with van der Waals surface area (Å²) in [6, 6.07) is 19.4. The van der Waals surface area contributed by atoms with Gasteiger partial charge in [-0.25, -0.2) is 4.98 Å². The minimum absolute atomic E-state index is 0.427. The van der Waals surface area contributed by atoms with Gasteiger partial charge in [0, 0.05) is 24.4 Å². The van der Waals surface area contributed by atoms with Gasteiger partial charge in [0.2, 0.25) is 5.82 Å². The van der Waals surface area contributed by atoms with Crippen LogP contribution in [0.2, 0.25) is 5.02 Å². The summed E-state index contributed by atoms with van der Waals surface area (Å²) < 4.78 is 7.96. The molecule has 0 radical (unpaired) electrons. The maximum atomic E-state index is 6.42. The summed E-state index contributed by atoms with van der Waals surface area (Å²) in [6.07, 6.45) is 3.46. The number of tetrazole rings is 1. The van der Waals surface area contributed by atoms with Gasteiger partial charge in [0.05, 0.1) is 22.7 Å². The number of benzene rings is 2. The molecule has 0 aliphatic carbocycles. The van der Waals surface area contributed by atoms with E-state index in [0.29, 0.717) is 28.9 Å². The first kappa shape index (κ1) is 19.9. The normalized spacial score (nSPS) is 10.9. The minimum atomic E-state index is 0.427. The Kier molecular flexibility index (Phi) is 5.35. The lowest BCUT2D eigenvalue weighted by atomic mass is 10.1. The van der Waals surface area contributed by atoms with Crippen LogP contribution in [0.15, 0.2) is 73.2 Å². The Labute approximate surface area is 188 Å². The molecule has 3 aromatic heterocycles. The van der Waals surface area contributed by atoms with Gasteiger partial charge in [-0.1, -0.05) is 48.0 Å². The molecule has 2 aromatic carbocycles. The van der Waals surface area contributed by atoms with E-state index in [2.05, 4.69) is 30.6 Å². The second kappa shape index (κ2) is 8.60. The van der Waals surface area contributed by atoms with Crippen molar-refractivity contribution < 1.29 is 4.74 Å². The molecule has 3 heterocycles. The molecule has 0 fully saturated rings. The van der Waals surface area contributed by atoms with Crippen molar-refractivity contribution in [3.8, 4) is 39.8 Å². The lowest BCUT2D eigenvalue weighted by Crippen LogP contribution is -1.98. The average Bonchev–Trinajstić information content (AvgIpc) is 3.50. The zero-order valence-corrected chi connectivity index (χ0v) is 17.9. The topological polar surface area (TPSA) is 94.4 Å². The van der Waals surface area contributed by atoms with E-state index in [1.165, 1.54) is 0 Å². The number of hydrogen-bond acceptors (Lipinski definition) is 6. The Balaban J connectivity index is 1.50. The Hall–Kier alpha value is -4.04. The number of aryl methyl sites for hydroxylation is 1. The number of H-pyrrole nitrogens is 1. The number of nitrogens with one attached hydrogen (secondary N) is 1. The van der Waals surface area contributed by atoms with E-state index in [1.807, 2.05) is 72.3 Å². The predicted octanol–water partition coefficient (Wildman–Crippen LogP) is 4.56. The molecule has 0 aliphatic rings. The van der Waals surface area contributed by atoms with Crippen molar-refractivity contribution in [1.82, 2.24) is 35.2 Å². The van der Waals surface area contributed by atoms with Crippen molar-refractivity contribution >= 4 is 11.6 Å². The molecule has 0 unspecified atom stereocenters. The van der Waals surface area contributed by atoms with Crippen LogP contribution in [0.25, 0.3) is 34.0 Å². The van der Waals surface area contributed by atoms with Gasteiger partial charge in [0.25, 0.3) is 0 Å². The van der Waals surface area contributed by atoms with Crippen LogP contribution in [-0.4, -0.2) is 35.2 Å². The molecule has 0 aliphatic heterocycles. The number of aromatic nitrogens is 7. The summed E-state index contributed by atoms with van der Waals surface area (Å²) in [5, 5.41) is 14.7. The van der Waals surface area contributed by atoms with Gasteiger partial charge < -0.3 is 9.30 Å². The summed E-state index contributed by atoms with van der Waals surface area (Å²) in [6.45, 7) is 0.427. The third-order valence-electron chi connectivity index (χ3n) is 4.98. The molecule has 0 saturated heterocycles. The van der Waals surface area contributed by atoms with Crippen molar-refractivity contribution in [3.05, 3.63) is 83.8 Å². The molecule has 0 amide bonds. The van der Waals surface area contributed by atoms with Gasteiger partial charge in [-0.15, -0.1) is 10.2 Å². The summed E-state index contributed by atoms with van der Waals surface area (Å²) >= 11 is 6.42. The van der Waals surface area contributed by atoms with Gasteiger partial charge in [0.1, 0.15) is 18.1 Å². The average molecular weight is 444 g/mol. The molecule has 0 spiro atoms. The fourth-order valence-corrected chi connectivity index (χ4v) is 3.61. The first-order chi connectivity index (χ1) is 15.7. The lowest BCUT2D eigenvalue weighted by molar-refractivity contribution is 0.306. The highest BCUT2D eigenvalue weighted by molar-refractivity contribution is 6.32. The number of aromatic amines is 1. The number of ether oxygens (including phenoxy) is 1. The highest BCUT2D eigenvalue weighted by atomic mass is 35.5. The van der Waals surface area contributed by atoms with Crippen molar-refractivity contribution in [2.45, 2.75) is 6.61 Å². The number of rotatable bonds is 6. The van der Waals surface area contributed by atoms with Gasteiger partial charge in [-0.05, 0) is 35.0 Å². The van der Waals surface area contributed by atoms with Gasteiger partial charge in [-0.2, -0.15) is 5.21 Å². The molecule has 32 heavy (non-hydrogen) atoms. The molecule has 158 valence electrons. The summed E-state index contributed by atoms with van der Waals surface area (Å²) in [5.41, 5.74) is 5.10. The lowest BCUT2D eigenvalue weighted by Gasteiger charge is -2.12. The Morgan fingerprint density at radius 3 is 2.69 bits per heavy atom. The van der Waals surface area contributed by atoms with Crippen LogP contribution < -0.4 is 4.74 Å². The predicted molar refractivity (Wildman–Crippen MR) is 121 cm³/mol. The molecule has 1 N–H and O–H groups in total. The number of pyridine rings is 1. The zero-order chi connectivity index (χ0) is 21.9. The van der Waals surface area contributed by atoms with Crippen LogP contribution >= 0.6 is 11.6 Å².